The Morgan fingerprint density at radius 3 is 2.21 bits per heavy atom. The molecule has 0 spiro atoms. The summed E-state index contributed by atoms with van der Waals surface area (Å²) in [4.78, 5) is 1.30. The van der Waals surface area contributed by atoms with Crippen LogP contribution in [-0.2, 0) is 16.2 Å². The second-order valence-corrected chi connectivity index (χ2v) is 9.06. The lowest BCUT2D eigenvalue weighted by molar-refractivity contribution is -0.140. The molecule has 0 atom stereocenters. The molecule has 4 rings (SSSR count). The van der Waals surface area contributed by atoms with Gasteiger partial charge in [-0.15, -0.1) is 5.10 Å². The highest BCUT2D eigenvalue weighted by atomic mass is 32.2. The highest BCUT2D eigenvalue weighted by Gasteiger charge is 2.37. The fourth-order valence-corrected chi connectivity index (χ4v) is 4.74. The van der Waals surface area contributed by atoms with Crippen molar-refractivity contribution in [3.05, 3.63) is 47.4 Å². The molecule has 2 heterocycles. The van der Waals surface area contributed by atoms with Crippen molar-refractivity contribution in [1.29, 1.82) is 0 Å². The van der Waals surface area contributed by atoms with Gasteiger partial charge in [-0.3, -0.25) is 0 Å². The normalized spacial score (nSPS) is 18.8. The number of anilines is 1. The van der Waals surface area contributed by atoms with E-state index in [0.29, 0.717) is 37.0 Å². The Kier molecular flexibility index (Phi) is 4.97. The lowest BCUT2D eigenvalue weighted by Crippen LogP contribution is -2.49. The second-order valence-electron chi connectivity index (χ2n) is 7.12. The van der Waals surface area contributed by atoms with E-state index in [1.165, 1.54) is 0 Å². The Hall–Kier alpha value is -2.27. The third-order valence-electron chi connectivity index (χ3n) is 5.11. The number of halogens is 4. The molecule has 1 saturated heterocycles. The minimum atomic E-state index is -4.97. The first kappa shape index (κ1) is 20.0. The van der Waals surface area contributed by atoms with Gasteiger partial charge < -0.3 is 4.90 Å². The van der Waals surface area contributed by atoms with E-state index in [1.807, 2.05) is 17.0 Å². The van der Waals surface area contributed by atoms with Gasteiger partial charge in [0.25, 0.3) is 0 Å². The summed E-state index contributed by atoms with van der Waals surface area (Å²) in [5.74, 6) is -0.391. The van der Waals surface area contributed by atoms with Crippen LogP contribution in [0.4, 0.5) is 23.4 Å². The zero-order valence-electron chi connectivity index (χ0n) is 15.2. The lowest BCUT2D eigenvalue weighted by Gasteiger charge is -2.34. The summed E-state index contributed by atoms with van der Waals surface area (Å²) in [6.45, 7) is 0.800. The molecule has 1 aromatic heterocycles. The smallest absolute Gasteiger partial charge is 0.352 e. The number of hydrogen-bond donors (Lipinski definition) is 0. The van der Waals surface area contributed by atoms with E-state index in [2.05, 4.69) is 10.2 Å². The zero-order valence-corrected chi connectivity index (χ0v) is 16.0. The SMILES string of the molecule is O=S(=O)(c1ccc(F)c(C(F)(F)F)c1)N1CCN(c2ccc(C3CC3)nn2)CC1. The standard InChI is InChI=1S/C18H18F4N4O2S/c19-15-4-3-13(11-14(15)18(20,21)22)29(27,28)26-9-7-25(8-10-26)17-6-5-16(23-24-17)12-1-2-12/h3-6,11-12H,1-2,7-10H2. The third kappa shape index (κ3) is 4.06. The zero-order chi connectivity index (χ0) is 20.8. The van der Waals surface area contributed by atoms with Crippen molar-refractivity contribution in [3.63, 3.8) is 0 Å². The molecule has 1 aliphatic heterocycles. The Morgan fingerprint density at radius 1 is 0.966 bits per heavy atom. The molecule has 1 aromatic carbocycles. The maximum atomic E-state index is 13.5. The molecule has 156 valence electrons. The van der Waals surface area contributed by atoms with Crippen LogP contribution >= 0.6 is 0 Å². The summed E-state index contributed by atoms with van der Waals surface area (Å²) in [5, 5.41) is 8.41. The van der Waals surface area contributed by atoms with E-state index in [-0.39, 0.29) is 13.1 Å². The van der Waals surface area contributed by atoms with Gasteiger partial charge in [-0.1, -0.05) is 0 Å². The van der Waals surface area contributed by atoms with Crippen molar-refractivity contribution in [2.75, 3.05) is 31.1 Å². The summed E-state index contributed by atoms with van der Waals surface area (Å²) >= 11 is 0. The van der Waals surface area contributed by atoms with Crippen molar-refractivity contribution in [1.82, 2.24) is 14.5 Å². The number of aromatic nitrogens is 2. The fourth-order valence-electron chi connectivity index (χ4n) is 3.29. The molecular weight excluding hydrogens is 412 g/mol. The molecule has 6 nitrogen and oxygen atoms in total. The van der Waals surface area contributed by atoms with E-state index < -0.39 is 32.5 Å². The number of nitrogens with zero attached hydrogens (tertiary/aromatic N) is 4. The van der Waals surface area contributed by atoms with Gasteiger partial charge in [-0.05, 0) is 43.2 Å². The average Bonchev–Trinajstić information content (AvgIpc) is 3.53. The van der Waals surface area contributed by atoms with Crippen molar-refractivity contribution in [2.24, 2.45) is 0 Å². The monoisotopic (exact) mass is 430 g/mol. The van der Waals surface area contributed by atoms with E-state index in [0.717, 1.165) is 28.9 Å². The van der Waals surface area contributed by atoms with Crippen LogP contribution in [0.2, 0.25) is 0 Å². The van der Waals surface area contributed by atoms with E-state index in [9.17, 15) is 26.0 Å². The van der Waals surface area contributed by atoms with Gasteiger partial charge in [0.05, 0.1) is 16.2 Å². The first-order chi connectivity index (χ1) is 13.7. The van der Waals surface area contributed by atoms with Crippen molar-refractivity contribution in [2.45, 2.75) is 29.8 Å². The van der Waals surface area contributed by atoms with Crippen molar-refractivity contribution < 1.29 is 26.0 Å². The maximum absolute atomic E-state index is 13.5. The molecule has 11 heteroatoms. The van der Waals surface area contributed by atoms with Crippen LogP contribution in [0.5, 0.6) is 0 Å². The summed E-state index contributed by atoms with van der Waals surface area (Å²) in [6, 6.07) is 5.50. The predicted molar refractivity (Wildman–Crippen MR) is 96.4 cm³/mol. The molecule has 0 radical (unpaired) electrons. The van der Waals surface area contributed by atoms with Crippen LogP contribution in [0.15, 0.2) is 35.2 Å². The minimum Gasteiger partial charge on any atom is -0.352 e. The molecular formula is C18H18F4N4O2S. The number of alkyl halides is 3. The molecule has 2 fully saturated rings. The summed E-state index contributed by atoms with van der Waals surface area (Å²) in [6.07, 6.45) is -2.74. The third-order valence-corrected chi connectivity index (χ3v) is 7.00. The molecule has 0 bridgehead atoms. The quantitative estimate of drug-likeness (QED) is 0.698. The largest absolute Gasteiger partial charge is 0.419 e. The van der Waals surface area contributed by atoms with Crippen LogP contribution in [0.3, 0.4) is 0 Å². The van der Waals surface area contributed by atoms with Gasteiger partial charge in [0.2, 0.25) is 10.0 Å². The van der Waals surface area contributed by atoms with Gasteiger partial charge >= 0.3 is 6.18 Å². The Balaban J connectivity index is 1.47. The van der Waals surface area contributed by atoms with E-state index in [4.69, 9.17) is 0 Å². The minimum absolute atomic E-state index is 0.0765. The Morgan fingerprint density at radius 2 is 1.66 bits per heavy atom. The van der Waals surface area contributed by atoms with Crippen LogP contribution in [0.1, 0.15) is 30.0 Å². The molecule has 29 heavy (non-hydrogen) atoms. The van der Waals surface area contributed by atoms with E-state index >= 15 is 0 Å². The van der Waals surface area contributed by atoms with Crippen LogP contribution in [0, 0.1) is 5.82 Å². The van der Waals surface area contributed by atoms with Gasteiger partial charge in [-0.25, -0.2) is 12.8 Å². The van der Waals surface area contributed by atoms with Crippen molar-refractivity contribution >= 4 is 15.8 Å². The Labute approximate surface area is 165 Å². The molecule has 0 amide bonds. The summed E-state index contributed by atoms with van der Waals surface area (Å²) in [5.41, 5.74) is -0.644. The molecule has 1 saturated carbocycles. The topological polar surface area (TPSA) is 66.4 Å². The highest BCUT2D eigenvalue weighted by molar-refractivity contribution is 7.89. The van der Waals surface area contributed by atoms with Gasteiger partial charge in [0.15, 0.2) is 5.82 Å². The predicted octanol–water partition coefficient (Wildman–Crippen LogP) is 3.02. The van der Waals surface area contributed by atoms with Gasteiger partial charge in [0.1, 0.15) is 5.82 Å². The van der Waals surface area contributed by atoms with Crippen LogP contribution < -0.4 is 4.90 Å². The first-order valence-corrected chi connectivity index (χ1v) is 10.6. The number of benzene rings is 1. The highest BCUT2D eigenvalue weighted by Crippen LogP contribution is 2.39. The van der Waals surface area contributed by atoms with Crippen molar-refractivity contribution in [3.8, 4) is 0 Å². The number of hydrogen-bond acceptors (Lipinski definition) is 5. The molecule has 0 N–H and O–H groups in total. The fraction of sp³-hybridized carbons (Fsp3) is 0.444. The number of sulfonamides is 1. The maximum Gasteiger partial charge on any atom is 0.419 e. The number of rotatable bonds is 4. The summed E-state index contributed by atoms with van der Waals surface area (Å²) in [7, 11) is -4.17. The average molecular weight is 430 g/mol. The molecule has 2 aliphatic rings. The lowest BCUT2D eigenvalue weighted by atomic mass is 10.2. The molecule has 2 aromatic rings. The van der Waals surface area contributed by atoms with E-state index in [1.54, 1.807) is 0 Å². The summed E-state index contributed by atoms with van der Waals surface area (Å²) < 4.78 is 78.8. The van der Waals surface area contributed by atoms with Gasteiger partial charge in [0, 0.05) is 32.1 Å². The van der Waals surface area contributed by atoms with Crippen LogP contribution in [-0.4, -0.2) is 49.1 Å². The van der Waals surface area contributed by atoms with Crippen LogP contribution in [0.25, 0.3) is 0 Å². The number of piperazine rings is 1. The second kappa shape index (κ2) is 7.21. The van der Waals surface area contributed by atoms with Gasteiger partial charge in [-0.2, -0.15) is 22.6 Å². The molecule has 0 unspecified atom stereocenters. The first-order valence-electron chi connectivity index (χ1n) is 9.12. The molecule has 1 aliphatic carbocycles. The Bertz CT molecular complexity index is 1000.